The highest BCUT2D eigenvalue weighted by Crippen LogP contribution is 2.30. The number of nitrogens with one attached hydrogen (secondary N) is 1. The fraction of sp³-hybridized carbons (Fsp3) is 0.211. The van der Waals surface area contributed by atoms with Crippen LogP contribution in [0.2, 0.25) is 10.0 Å². The van der Waals surface area contributed by atoms with Crippen molar-refractivity contribution >= 4 is 57.0 Å². The Hall–Kier alpha value is -2.82. The first-order chi connectivity index (χ1) is 14.6. The molecule has 9 nitrogen and oxygen atoms in total. The van der Waals surface area contributed by atoms with Crippen molar-refractivity contribution in [1.29, 1.82) is 0 Å². The number of amides is 1. The summed E-state index contributed by atoms with van der Waals surface area (Å²) in [5, 5.41) is 4.20. The predicted octanol–water partition coefficient (Wildman–Crippen LogP) is 2.46. The van der Waals surface area contributed by atoms with Gasteiger partial charge in [0.2, 0.25) is 10.0 Å². The number of sulfonamides is 1. The Kier molecular flexibility index (Phi) is 8.66. The highest BCUT2D eigenvalue weighted by Gasteiger charge is 2.23. The summed E-state index contributed by atoms with van der Waals surface area (Å²) in [7, 11) is -2.57. The summed E-state index contributed by atoms with van der Waals surface area (Å²) in [6, 6.07) is 10.9. The molecule has 0 bridgehead atoms. The lowest BCUT2D eigenvalue weighted by molar-refractivity contribution is -0.142. The Bertz CT molecular complexity index is 1090. The molecule has 2 rings (SSSR count). The molecule has 31 heavy (non-hydrogen) atoms. The molecule has 1 N–H and O–H groups in total. The second kappa shape index (κ2) is 11.0. The molecule has 166 valence electrons. The van der Waals surface area contributed by atoms with Gasteiger partial charge >= 0.3 is 5.97 Å². The molecule has 0 aliphatic carbocycles. The summed E-state index contributed by atoms with van der Waals surface area (Å²) in [5.74, 6) is -0.822. The first-order valence-electron chi connectivity index (χ1n) is 8.64. The lowest BCUT2D eigenvalue weighted by Crippen LogP contribution is -2.39. The Balaban J connectivity index is 2.05. The first kappa shape index (κ1) is 24.4. The molecule has 0 unspecified atom stereocenters. The van der Waals surface area contributed by atoms with Crippen LogP contribution in [0.3, 0.4) is 0 Å². The minimum atomic E-state index is -3.83. The van der Waals surface area contributed by atoms with Gasteiger partial charge in [-0.25, -0.2) is 18.6 Å². The van der Waals surface area contributed by atoms with Crippen molar-refractivity contribution in [3.8, 4) is 5.75 Å². The summed E-state index contributed by atoms with van der Waals surface area (Å²) in [5.41, 5.74) is 2.89. The van der Waals surface area contributed by atoms with Crippen molar-refractivity contribution in [1.82, 2.24) is 5.43 Å². The molecular weight excluding hydrogens is 469 g/mol. The molecule has 12 heteroatoms. The van der Waals surface area contributed by atoms with Crippen LogP contribution < -0.4 is 14.5 Å². The number of halogens is 2. The number of hydrogen-bond donors (Lipinski definition) is 1. The maximum Gasteiger partial charge on any atom is 0.343 e. The maximum absolute atomic E-state index is 12.3. The van der Waals surface area contributed by atoms with Gasteiger partial charge in [-0.1, -0.05) is 35.3 Å². The smallest absolute Gasteiger partial charge is 0.343 e. The maximum atomic E-state index is 12.3. The van der Waals surface area contributed by atoms with Gasteiger partial charge in [0.05, 0.1) is 30.3 Å². The van der Waals surface area contributed by atoms with E-state index in [2.05, 4.69) is 15.3 Å². The summed E-state index contributed by atoms with van der Waals surface area (Å²) in [4.78, 5) is 23.4. The van der Waals surface area contributed by atoms with E-state index < -0.39 is 28.4 Å². The first-order valence-corrected chi connectivity index (χ1v) is 11.2. The van der Waals surface area contributed by atoms with Crippen molar-refractivity contribution < 1.29 is 27.5 Å². The van der Waals surface area contributed by atoms with Crippen molar-refractivity contribution in [3.05, 3.63) is 58.1 Å². The Morgan fingerprint density at radius 1 is 1.19 bits per heavy atom. The van der Waals surface area contributed by atoms with E-state index in [1.165, 1.54) is 31.5 Å². The van der Waals surface area contributed by atoms with E-state index in [0.717, 1.165) is 10.6 Å². The van der Waals surface area contributed by atoms with Gasteiger partial charge in [-0.05, 0) is 35.9 Å². The zero-order valence-electron chi connectivity index (χ0n) is 16.5. The van der Waals surface area contributed by atoms with Crippen LogP contribution in [0.25, 0.3) is 0 Å². The number of nitrogens with zero attached hydrogens (tertiary/aromatic N) is 2. The fourth-order valence-corrected chi connectivity index (χ4v) is 3.58. The molecule has 0 aliphatic heterocycles. The zero-order valence-corrected chi connectivity index (χ0v) is 18.9. The molecule has 0 aliphatic rings. The average molecular weight is 488 g/mol. The van der Waals surface area contributed by atoms with Crippen molar-refractivity contribution in [3.63, 3.8) is 0 Å². The summed E-state index contributed by atoms with van der Waals surface area (Å²) >= 11 is 12.0. The van der Waals surface area contributed by atoms with Gasteiger partial charge in [0, 0.05) is 5.02 Å². The van der Waals surface area contributed by atoms with E-state index in [4.69, 9.17) is 27.9 Å². The topological polar surface area (TPSA) is 114 Å². The van der Waals surface area contributed by atoms with Crippen LogP contribution in [0.5, 0.6) is 5.75 Å². The lowest BCUT2D eigenvalue weighted by Gasteiger charge is -2.22. The molecule has 0 saturated carbocycles. The third-order valence-electron chi connectivity index (χ3n) is 3.71. The average Bonchev–Trinajstić information content (AvgIpc) is 2.71. The number of benzene rings is 2. The number of ether oxygens (including phenoxy) is 2. The van der Waals surface area contributed by atoms with Crippen LogP contribution in [0.4, 0.5) is 5.69 Å². The Labute approximate surface area is 189 Å². The van der Waals surface area contributed by atoms with Gasteiger partial charge in [0.25, 0.3) is 5.91 Å². The quantitative estimate of drug-likeness (QED) is 0.330. The highest BCUT2D eigenvalue weighted by molar-refractivity contribution is 7.92. The monoisotopic (exact) mass is 487 g/mol. The number of anilines is 1. The van der Waals surface area contributed by atoms with Gasteiger partial charge in [-0.3, -0.25) is 9.10 Å². The van der Waals surface area contributed by atoms with Gasteiger partial charge in [-0.2, -0.15) is 5.10 Å². The molecule has 2 aromatic carbocycles. The van der Waals surface area contributed by atoms with Crippen LogP contribution >= 0.6 is 23.2 Å². The van der Waals surface area contributed by atoms with E-state index in [1.807, 2.05) is 0 Å². The Morgan fingerprint density at radius 2 is 1.94 bits per heavy atom. The number of carbonyl (C=O) groups is 2. The third kappa shape index (κ3) is 7.74. The molecule has 0 aromatic heterocycles. The van der Waals surface area contributed by atoms with Gasteiger partial charge in [-0.15, -0.1) is 0 Å². The number of hydrogen-bond acceptors (Lipinski definition) is 7. The molecule has 0 spiro atoms. The van der Waals surface area contributed by atoms with Crippen LogP contribution in [0.15, 0.2) is 47.6 Å². The van der Waals surface area contributed by atoms with Gasteiger partial charge in [0.1, 0.15) is 12.3 Å². The van der Waals surface area contributed by atoms with Gasteiger partial charge in [0.15, 0.2) is 6.61 Å². The Morgan fingerprint density at radius 3 is 2.61 bits per heavy atom. The van der Waals surface area contributed by atoms with E-state index in [9.17, 15) is 18.0 Å². The number of rotatable bonds is 9. The van der Waals surface area contributed by atoms with Crippen molar-refractivity contribution in [2.45, 2.75) is 0 Å². The minimum absolute atomic E-state index is 0.0752. The van der Waals surface area contributed by atoms with Crippen LogP contribution in [0, 0.1) is 0 Å². The number of esters is 1. The number of hydrazone groups is 1. The molecule has 0 radical (unpaired) electrons. The van der Waals surface area contributed by atoms with E-state index in [-0.39, 0.29) is 22.3 Å². The number of carbonyl (C=O) groups excluding carboxylic acids is 2. The van der Waals surface area contributed by atoms with Crippen molar-refractivity contribution in [2.24, 2.45) is 5.10 Å². The van der Waals surface area contributed by atoms with Crippen molar-refractivity contribution in [2.75, 3.05) is 30.8 Å². The van der Waals surface area contributed by atoms with E-state index in [1.54, 1.807) is 24.3 Å². The summed E-state index contributed by atoms with van der Waals surface area (Å²) in [6.45, 7) is -0.806. The standard InChI is InChI=1S/C19H19Cl2N3O6S/c1-29-19(26)12-30-15-5-3-4-13(8-15)10-22-23-18(25)11-24(31(2,27)28)17-9-14(20)6-7-16(17)21/h3-10H,11-12H2,1-2H3,(H,23,25)/b22-10-. The third-order valence-corrected chi connectivity index (χ3v) is 5.39. The predicted molar refractivity (Wildman–Crippen MR) is 118 cm³/mol. The minimum Gasteiger partial charge on any atom is -0.482 e. The molecule has 0 saturated heterocycles. The van der Waals surface area contributed by atoms with E-state index in [0.29, 0.717) is 11.3 Å². The summed E-state index contributed by atoms with van der Waals surface area (Å²) < 4.78 is 34.9. The molecule has 1 amide bonds. The van der Waals surface area contributed by atoms with Crippen LogP contribution in [-0.4, -0.2) is 53.0 Å². The lowest BCUT2D eigenvalue weighted by atomic mass is 10.2. The SMILES string of the molecule is COC(=O)COc1cccc(/C=N\NC(=O)CN(c2cc(Cl)ccc2Cl)S(C)(=O)=O)c1. The normalized spacial score (nSPS) is 11.2. The molecule has 0 atom stereocenters. The fourth-order valence-electron chi connectivity index (χ4n) is 2.29. The van der Waals surface area contributed by atoms with Gasteiger partial charge < -0.3 is 9.47 Å². The second-order valence-electron chi connectivity index (χ2n) is 6.10. The van der Waals surface area contributed by atoms with E-state index >= 15 is 0 Å². The van der Waals surface area contributed by atoms with Crippen LogP contribution in [0.1, 0.15) is 5.56 Å². The zero-order chi connectivity index (χ0) is 23.0. The largest absolute Gasteiger partial charge is 0.482 e. The second-order valence-corrected chi connectivity index (χ2v) is 8.85. The molecule has 0 heterocycles. The molecule has 2 aromatic rings. The highest BCUT2D eigenvalue weighted by atomic mass is 35.5. The summed E-state index contributed by atoms with van der Waals surface area (Å²) in [6.07, 6.45) is 2.28. The van der Waals surface area contributed by atoms with Crippen LogP contribution in [-0.2, 0) is 24.3 Å². The molecule has 0 fully saturated rings. The number of methoxy groups -OCH3 is 1. The molecular formula is C19H19Cl2N3O6S.